The first-order valence-corrected chi connectivity index (χ1v) is 15.0. The molecule has 13 heteroatoms. The van der Waals surface area contributed by atoms with Crippen molar-refractivity contribution in [3.8, 4) is 0 Å². The molecule has 43 heavy (non-hydrogen) atoms. The molecule has 0 aromatic carbocycles. The van der Waals surface area contributed by atoms with Gasteiger partial charge in [0.05, 0.1) is 19.3 Å². The van der Waals surface area contributed by atoms with Gasteiger partial charge in [-0.1, -0.05) is 51.0 Å². The van der Waals surface area contributed by atoms with E-state index < -0.39 is 24.0 Å². The van der Waals surface area contributed by atoms with Gasteiger partial charge in [0.1, 0.15) is 6.04 Å². The number of carboxylic acid groups (broad SMARTS) is 2. The van der Waals surface area contributed by atoms with E-state index in [0.717, 1.165) is 25.7 Å². The molecule has 2 unspecified atom stereocenters. The van der Waals surface area contributed by atoms with Crippen LogP contribution in [0.15, 0.2) is 29.3 Å². The Kier molecular flexibility index (Phi) is 34.0. The number of nitrogens with one attached hydrogen (secondary N) is 1. The first kappa shape index (κ1) is 45.9. The zero-order valence-corrected chi connectivity index (χ0v) is 28.9. The molecule has 0 aliphatic carbocycles. The fourth-order valence-corrected chi connectivity index (χ4v) is 3.40. The second-order valence-electron chi connectivity index (χ2n) is 9.84. The number of unbranched alkanes of at least 4 members (excludes halogenated alkanes) is 2. The first-order chi connectivity index (χ1) is 20.0. The van der Waals surface area contributed by atoms with Crippen LogP contribution in [0.4, 0.5) is 0 Å². The summed E-state index contributed by atoms with van der Waals surface area (Å²) in [5.41, 5.74) is 0. The number of aliphatic hydroxyl groups is 2. The van der Waals surface area contributed by atoms with Crippen molar-refractivity contribution in [3.63, 3.8) is 0 Å². The molecule has 12 nitrogen and oxygen atoms in total. The number of carbonyl (C=O) groups is 3. The van der Waals surface area contributed by atoms with Crippen LogP contribution in [0, 0.1) is 0 Å². The van der Waals surface area contributed by atoms with E-state index in [1.807, 2.05) is 18.2 Å². The Labute approximate surface area is 287 Å². The van der Waals surface area contributed by atoms with Crippen molar-refractivity contribution in [2.24, 2.45) is 4.99 Å². The molecule has 244 valence electrons. The summed E-state index contributed by atoms with van der Waals surface area (Å²) in [5.74, 6) is -2.48. The molecule has 0 rings (SSSR count). The van der Waals surface area contributed by atoms with Crippen molar-refractivity contribution < 1.29 is 39.9 Å². The molecular weight excluding hydrogens is 584 g/mol. The number of hydrogen-bond donors (Lipinski definition) is 4. The van der Waals surface area contributed by atoms with Crippen molar-refractivity contribution >= 4 is 61.5 Å². The maximum absolute atomic E-state index is 11.7. The Morgan fingerprint density at radius 3 is 1.77 bits per heavy atom. The second-order valence-corrected chi connectivity index (χ2v) is 9.84. The summed E-state index contributed by atoms with van der Waals surface area (Å²) in [4.78, 5) is 40.6. The van der Waals surface area contributed by atoms with E-state index in [0.29, 0.717) is 51.6 Å². The van der Waals surface area contributed by atoms with Crippen molar-refractivity contribution in [2.45, 2.75) is 104 Å². The summed E-state index contributed by atoms with van der Waals surface area (Å²) in [7, 11) is 0. The van der Waals surface area contributed by atoms with Crippen LogP contribution in [0.2, 0.25) is 0 Å². The predicted molar refractivity (Wildman–Crippen MR) is 166 cm³/mol. The third-order valence-electron chi connectivity index (χ3n) is 6.22. The number of carboxylic acids is 2. The summed E-state index contributed by atoms with van der Waals surface area (Å²) in [5, 5.41) is 51.9. The van der Waals surface area contributed by atoms with E-state index in [1.165, 1.54) is 11.8 Å². The molecule has 0 aliphatic heterocycles. The average Bonchev–Trinajstić information content (AvgIpc) is 2.96. The summed E-state index contributed by atoms with van der Waals surface area (Å²) < 4.78 is 0. The van der Waals surface area contributed by atoms with Crippen molar-refractivity contribution in [3.05, 3.63) is 24.3 Å². The molecule has 0 bridgehead atoms. The van der Waals surface area contributed by atoms with Crippen molar-refractivity contribution in [1.82, 2.24) is 15.1 Å². The third kappa shape index (κ3) is 27.7. The fourth-order valence-electron chi connectivity index (χ4n) is 3.40. The molecule has 0 aromatic heterocycles. The van der Waals surface area contributed by atoms with Gasteiger partial charge >= 0.3 is 43.7 Å². The number of allylic oxidation sites excluding steroid dienone is 4. The van der Waals surface area contributed by atoms with Crippen LogP contribution < -0.4 is 15.5 Å². The molecule has 0 saturated carbocycles. The van der Waals surface area contributed by atoms with Gasteiger partial charge in [0, 0.05) is 38.8 Å². The number of aliphatic carboxylic acids is 2. The zero-order chi connectivity index (χ0) is 32.2. The van der Waals surface area contributed by atoms with E-state index >= 15 is 0 Å². The standard InChI is InChI=1S/2C15H28N2O4.Ca/c2*1-3-4-5-6-7-9-14(19)16-12-17(10-8-11-18)13(2)15(20)21;/h2*5-6,13,18H,3-4,7-12H2,1-2H3,(H,16,19)(H,20,21);/q;;+2/p-2/b2*6-5+;. The van der Waals surface area contributed by atoms with Gasteiger partial charge in [0.2, 0.25) is 5.91 Å². The number of nitrogens with zero attached hydrogens (tertiary/aromatic N) is 3. The number of amides is 1. The SMILES string of the molecule is CCC/C=C/CCC(=O)NCN(CCCO)C(C)C(=O)O.CCC/C=C/CCC([O-])=NCN(CCCO)C(C)C(=O)[O-].[Ca+2]. The third-order valence-corrected chi connectivity index (χ3v) is 6.22. The van der Waals surface area contributed by atoms with E-state index in [1.54, 1.807) is 11.8 Å². The molecule has 0 saturated heterocycles. The van der Waals surface area contributed by atoms with Crippen LogP contribution in [0.25, 0.3) is 0 Å². The van der Waals surface area contributed by atoms with Gasteiger partial charge in [-0.3, -0.25) is 24.4 Å². The van der Waals surface area contributed by atoms with Crippen LogP contribution in [-0.2, 0) is 14.4 Å². The summed E-state index contributed by atoms with van der Waals surface area (Å²) in [6, 6.07) is -1.53. The quantitative estimate of drug-likeness (QED) is 0.0384. The minimum Gasteiger partial charge on any atom is -0.862 e. The van der Waals surface area contributed by atoms with Crippen molar-refractivity contribution in [1.29, 1.82) is 0 Å². The normalized spacial score (nSPS) is 13.1. The van der Waals surface area contributed by atoms with Gasteiger partial charge in [0.25, 0.3) is 0 Å². The Balaban J connectivity index is -0.000000727. The summed E-state index contributed by atoms with van der Waals surface area (Å²) >= 11 is 0. The molecule has 0 aromatic rings. The smallest absolute Gasteiger partial charge is 0.862 e. The van der Waals surface area contributed by atoms with Crippen LogP contribution in [-0.4, -0.2) is 138 Å². The first-order valence-electron chi connectivity index (χ1n) is 15.0. The number of hydrogen-bond acceptors (Lipinski definition) is 10. The van der Waals surface area contributed by atoms with E-state index in [2.05, 4.69) is 30.2 Å². The Bertz CT molecular complexity index is 811. The van der Waals surface area contributed by atoms with Crippen LogP contribution in [0.5, 0.6) is 0 Å². The van der Waals surface area contributed by atoms with Gasteiger partial charge in [-0.05, 0) is 64.7 Å². The number of carbonyl (C=O) groups excluding carboxylic acids is 2. The van der Waals surface area contributed by atoms with Gasteiger partial charge in [-0.15, -0.1) is 0 Å². The van der Waals surface area contributed by atoms with Crippen molar-refractivity contribution in [2.75, 3.05) is 39.6 Å². The monoisotopic (exact) mass is 638 g/mol. The Morgan fingerprint density at radius 1 is 0.814 bits per heavy atom. The van der Waals surface area contributed by atoms with Gasteiger partial charge in [-0.25, -0.2) is 0 Å². The summed E-state index contributed by atoms with van der Waals surface area (Å²) in [6.45, 7) is 8.20. The summed E-state index contributed by atoms with van der Waals surface area (Å²) in [6.07, 6.45) is 15.2. The maximum atomic E-state index is 11.7. The second kappa shape index (κ2) is 31.9. The van der Waals surface area contributed by atoms with Gasteiger partial charge in [0.15, 0.2) is 0 Å². The Morgan fingerprint density at radius 2 is 1.30 bits per heavy atom. The maximum Gasteiger partial charge on any atom is 2.00 e. The topological polar surface area (TPSA) is 189 Å². The molecule has 0 aliphatic rings. The zero-order valence-electron chi connectivity index (χ0n) is 26.7. The largest absolute Gasteiger partial charge is 2.00 e. The van der Waals surface area contributed by atoms with Gasteiger partial charge < -0.3 is 35.6 Å². The molecule has 0 spiro atoms. The number of rotatable bonds is 24. The Hall–Kier alpha value is -1.54. The number of aliphatic imine (C=N–C) groups is 1. The molecular formula is C30H54CaN4O8. The number of aliphatic hydroxyl groups excluding tert-OH is 2. The molecule has 2 atom stereocenters. The molecule has 0 radical (unpaired) electrons. The minimum absolute atomic E-state index is 0. The van der Waals surface area contributed by atoms with E-state index in [4.69, 9.17) is 15.3 Å². The van der Waals surface area contributed by atoms with E-state index in [-0.39, 0.29) is 76.1 Å². The van der Waals surface area contributed by atoms with E-state index in [9.17, 15) is 24.6 Å². The molecule has 1 amide bonds. The van der Waals surface area contributed by atoms with Crippen LogP contribution in [0.1, 0.15) is 91.9 Å². The van der Waals surface area contributed by atoms with Crippen LogP contribution >= 0.6 is 0 Å². The van der Waals surface area contributed by atoms with Gasteiger partial charge in [-0.2, -0.15) is 0 Å². The molecule has 0 heterocycles. The predicted octanol–water partition coefficient (Wildman–Crippen LogP) is 0.635. The molecule has 0 fully saturated rings. The fraction of sp³-hybridized carbons (Fsp3) is 0.733. The average molecular weight is 639 g/mol. The minimum atomic E-state index is -1.21. The molecule has 4 N–H and O–H groups in total. The van der Waals surface area contributed by atoms with Crippen LogP contribution in [0.3, 0.4) is 0 Å².